The van der Waals surface area contributed by atoms with Crippen molar-refractivity contribution >= 4 is 13.7 Å². The number of amides is 1. The van der Waals surface area contributed by atoms with Crippen LogP contribution in [0, 0.1) is 0 Å². The first-order chi connectivity index (χ1) is 25.4. The Morgan fingerprint density at radius 2 is 0.981 bits per heavy atom. The normalized spacial score (nSPS) is 14.2. The van der Waals surface area contributed by atoms with Crippen molar-refractivity contribution in [3.8, 4) is 0 Å². The van der Waals surface area contributed by atoms with Crippen molar-refractivity contribution in [3.63, 3.8) is 0 Å². The molecule has 0 saturated carbocycles. The maximum Gasteiger partial charge on any atom is 0.472 e. The molecule has 0 saturated heterocycles. The maximum atomic E-state index is 12.7. The number of aliphatic hydroxyl groups excluding tert-OH is 1. The van der Waals surface area contributed by atoms with E-state index in [0.717, 1.165) is 38.5 Å². The third kappa shape index (κ3) is 37.6. The van der Waals surface area contributed by atoms with Gasteiger partial charge in [0.1, 0.15) is 0 Å². The van der Waals surface area contributed by atoms with Gasteiger partial charge in [0.2, 0.25) is 5.91 Å². The first-order valence-corrected chi connectivity index (χ1v) is 23.8. The van der Waals surface area contributed by atoms with Gasteiger partial charge in [-0.05, 0) is 19.3 Å². The van der Waals surface area contributed by atoms with Crippen molar-refractivity contribution in [2.75, 3.05) is 19.8 Å². The fourth-order valence-electron chi connectivity index (χ4n) is 6.72. The zero-order valence-corrected chi connectivity index (χ0v) is 35.2. The van der Waals surface area contributed by atoms with Crippen molar-refractivity contribution in [1.29, 1.82) is 0 Å². The van der Waals surface area contributed by atoms with Crippen LogP contribution < -0.4 is 11.1 Å². The zero-order chi connectivity index (χ0) is 38.2. The first kappa shape index (κ1) is 51.2. The Morgan fingerprint density at radius 1 is 0.615 bits per heavy atom. The number of nitrogens with two attached hydrogens (primary N) is 1. The van der Waals surface area contributed by atoms with Gasteiger partial charge in [-0.2, -0.15) is 0 Å². The third-order valence-electron chi connectivity index (χ3n) is 10.1. The standard InChI is InChI=1S/C43H87N2O6P/c1-3-5-7-9-11-13-15-17-19-20-21-22-23-24-26-28-30-32-34-36-42(46)41(40-51-52(48,49)50-39-38-44)45-43(47)37-35-33-31-29-27-25-18-16-14-12-10-8-6-4-2/h34,36,41-42,46H,3-33,35,37-40,44H2,1-2H3,(H,45,47)(H,48,49)/b36-34+. The number of nitrogens with one attached hydrogen (secondary N) is 1. The number of aliphatic hydroxyl groups is 1. The molecule has 310 valence electrons. The van der Waals surface area contributed by atoms with Crippen LogP contribution in [0.2, 0.25) is 0 Å². The van der Waals surface area contributed by atoms with Gasteiger partial charge in [-0.1, -0.05) is 212 Å². The van der Waals surface area contributed by atoms with Gasteiger partial charge in [0.25, 0.3) is 0 Å². The summed E-state index contributed by atoms with van der Waals surface area (Å²) in [4.78, 5) is 22.7. The van der Waals surface area contributed by atoms with E-state index in [1.165, 1.54) is 167 Å². The van der Waals surface area contributed by atoms with E-state index in [9.17, 15) is 19.4 Å². The minimum absolute atomic E-state index is 0.0814. The summed E-state index contributed by atoms with van der Waals surface area (Å²) in [6, 6.07) is -0.854. The van der Waals surface area contributed by atoms with E-state index in [4.69, 9.17) is 14.8 Å². The molecule has 0 fully saturated rings. The molecule has 0 spiro atoms. The van der Waals surface area contributed by atoms with Gasteiger partial charge in [-0.3, -0.25) is 13.8 Å². The lowest BCUT2D eigenvalue weighted by atomic mass is 10.0. The Hall–Kier alpha value is -0.760. The summed E-state index contributed by atoms with van der Waals surface area (Å²) in [5.74, 6) is -0.191. The van der Waals surface area contributed by atoms with E-state index in [1.807, 2.05) is 6.08 Å². The van der Waals surface area contributed by atoms with Crippen LogP contribution in [-0.4, -0.2) is 47.8 Å². The molecule has 0 aromatic carbocycles. The van der Waals surface area contributed by atoms with Crippen LogP contribution in [0.5, 0.6) is 0 Å². The van der Waals surface area contributed by atoms with E-state index < -0.39 is 20.0 Å². The summed E-state index contributed by atoms with van der Waals surface area (Å²) in [7, 11) is -4.33. The zero-order valence-electron chi connectivity index (χ0n) is 34.3. The third-order valence-corrected chi connectivity index (χ3v) is 11.1. The molecular formula is C43H87N2O6P. The van der Waals surface area contributed by atoms with Crippen LogP contribution in [0.3, 0.4) is 0 Å². The first-order valence-electron chi connectivity index (χ1n) is 22.3. The predicted molar refractivity (Wildman–Crippen MR) is 222 cm³/mol. The van der Waals surface area contributed by atoms with Crippen LogP contribution in [0.4, 0.5) is 0 Å². The number of hydrogen-bond donors (Lipinski definition) is 4. The summed E-state index contributed by atoms with van der Waals surface area (Å²) in [5, 5.41) is 13.7. The summed E-state index contributed by atoms with van der Waals surface area (Å²) < 4.78 is 22.1. The number of hydrogen-bond acceptors (Lipinski definition) is 6. The fourth-order valence-corrected chi connectivity index (χ4v) is 7.48. The fraction of sp³-hybridized carbons (Fsp3) is 0.930. The van der Waals surface area contributed by atoms with Crippen molar-refractivity contribution in [2.45, 2.75) is 238 Å². The number of carbonyl (C=O) groups is 1. The number of phosphoric ester groups is 1. The lowest BCUT2D eigenvalue weighted by molar-refractivity contribution is -0.123. The van der Waals surface area contributed by atoms with Gasteiger partial charge >= 0.3 is 7.82 Å². The molecule has 0 heterocycles. The summed E-state index contributed by atoms with van der Waals surface area (Å²) >= 11 is 0. The number of rotatable bonds is 42. The highest BCUT2D eigenvalue weighted by molar-refractivity contribution is 7.47. The highest BCUT2D eigenvalue weighted by Crippen LogP contribution is 2.43. The van der Waals surface area contributed by atoms with E-state index >= 15 is 0 Å². The van der Waals surface area contributed by atoms with Crippen LogP contribution in [0.25, 0.3) is 0 Å². The van der Waals surface area contributed by atoms with Crippen LogP contribution in [0.15, 0.2) is 12.2 Å². The molecule has 9 heteroatoms. The Labute approximate surface area is 322 Å². The second kappa shape index (κ2) is 39.9. The van der Waals surface area contributed by atoms with Gasteiger partial charge in [0.05, 0.1) is 25.4 Å². The monoisotopic (exact) mass is 759 g/mol. The van der Waals surface area contributed by atoms with Gasteiger partial charge in [-0.25, -0.2) is 4.57 Å². The molecule has 3 atom stereocenters. The van der Waals surface area contributed by atoms with Crippen LogP contribution in [-0.2, 0) is 18.4 Å². The molecule has 0 aliphatic carbocycles. The Bertz CT molecular complexity index is 829. The SMILES string of the molecule is CCCCCCCCCCCCCCCCCCC/C=C/C(O)C(COP(=O)(O)OCCN)NC(=O)CCCCCCCCCCCCCCCC. The smallest absolute Gasteiger partial charge is 0.387 e. The number of allylic oxidation sites excluding steroid dienone is 1. The lowest BCUT2D eigenvalue weighted by Gasteiger charge is -2.23. The van der Waals surface area contributed by atoms with Crippen LogP contribution >= 0.6 is 7.82 Å². The maximum absolute atomic E-state index is 12.7. The van der Waals surface area contributed by atoms with E-state index in [0.29, 0.717) is 6.42 Å². The van der Waals surface area contributed by atoms with Crippen molar-refractivity contribution in [3.05, 3.63) is 12.2 Å². The molecule has 0 aliphatic heterocycles. The average Bonchev–Trinajstić information content (AvgIpc) is 3.13. The van der Waals surface area contributed by atoms with Crippen molar-refractivity contribution in [1.82, 2.24) is 5.32 Å². The molecule has 0 bridgehead atoms. The molecular weight excluding hydrogens is 671 g/mol. The minimum atomic E-state index is -4.33. The van der Waals surface area contributed by atoms with Crippen molar-refractivity contribution < 1.29 is 28.4 Å². The number of carbonyl (C=O) groups excluding carboxylic acids is 1. The largest absolute Gasteiger partial charge is 0.472 e. The predicted octanol–water partition coefficient (Wildman–Crippen LogP) is 12.4. The Balaban J connectivity index is 4.17. The lowest BCUT2D eigenvalue weighted by Crippen LogP contribution is -2.45. The van der Waals surface area contributed by atoms with E-state index in [-0.39, 0.29) is 25.7 Å². The molecule has 0 aliphatic rings. The molecule has 1 amide bonds. The summed E-state index contributed by atoms with van der Waals surface area (Å²) in [5.41, 5.74) is 5.37. The second-order valence-electron chi connectivity index (χ2n) is 15.3. The van der Waals surface area contributed by atoms with E-state index in [2.05, 4.69) is 19.2 Å². The number of unbranched alkanes of at least 4 members (excludes halogenated alkanes) is 30. The second-order valence-corrected chi connectivity index (χ2v) is 16.7. The quantitative estimate of drug-likeness (QED) is 0.0277. The molecule has 0 aromatic heterocycles. The van der Waals surface area contributed by atoms with Gasteiger partial charge in [0.15, 0.2) is 0 Å². The molecule has 5 N–H and O–H groups in total. The topological polar surface area (TPSA) is 131 Å². The summed E-state index contributed by atoms with van der Waals surface area (Å²) in [6.07, 6.45) is 44.0. The molecule has 0 radical (unpaired) electrons. The van der Waals surface area contributed by atoms with Crippen LogP contribution in [0.1, 0.15) is 226 Å². The van der Waals surface area contributed by atoms with Gasteiger partial charge < -0.3 is 21.1 Å². The molecule has 8 nitrogen and oxygen atoms in total. The minimum Gasteiger partial charge on any atom is -0.387 e. The molecule has 0 aromatic rings. The summed E-state index contributed by atoms with van der Waals surface area (Å²) in [6.45, 7) is 4.16. The number of phosphoric acid groups is 1. The molecule has 52 heavy (non-hydrogen) atoms. The highest BCUT2D eigenvalue weighted by atomic mass is 31.2. The average molecular weight is 759 g/mol. The van der Waals surface area contributed by atoms with Crippen molar-refractivity contribution in [2.24, 2.45) is 5.73 Å². The van der Waals surface area contributed by atoms with Gasteiger partial charge in [-0.15, -0.1) is 0 Å². The molecule has 3 unspecified atom stereocenters. The highest BCUT2D eigenvalue weighted by Gasteiger charge is 2.26. The van der Waals surface area contributed by atoms with Gasteiger partial charge in [0, 0.05) is 13.0 Å². The Kier molecular flexibility index (Phi) is 39.3. The van der Waals surface area contributed by atoms with E-state index in [1.54, 1.807) is 6.08 Å². The Morgan fingerprint density at radius 3 is 1.37 bits per heavy atom. The molecule has 0 rings (SSSR count).